The van der Waals surface area contributed by atoms with Gasteiger partial charge in [-0.05, 0) is 44.9 Å². The quantitative estimate of drug-likeness (QED) is 0.408. The van der Waals surface area contributed by atoms with Crippen molar-refractivity contribution in [2.45, 2.75) is 43.7 Å². The van der Waals surface area contributed by atoms with E-state index in [4.69, 9.17) is 4.74 Å². The van der Waals surface area contributed by atoms with Crippen molar-refractivity contribution in [3.05, 3.63) is 53.3 Å². The zero-order valence-electron chi connectivity index (χ0n) is 16.6. The summed E-state index contributed by atoms with van der Waals surface area (Å²) in [5.74, 6) is 0.471. The van der Waals surface area contributed by atoms with Gasteiger partial charge in [-0.1, -0.05) is 41.3 Å². The summed E-state index contributed by atoms with van der Waals surface area (Å²) in [6.07, 6.45) is 2.47. The standard InChI is InChI=1S/C21H24N4O2S2/c1-14-11-18(15(2)25(14)12-17-9-6-10-27-17)19(26)13-28-21-24-23-20(29-21)22-16-7-4-3-5-8-16/h3-5,7-8,11,17H,6,9-10,12-13H2,1-2H3,(H,22,23)/t17-/m0/s1. The van der Waals surface area contributed by atoms with E-state index >= 15 is 0 Å². The molecular weight excluding hydrogens is 404 g/mol. The fourth-order valence-electron chi connectivity index (χ4n) is 3.52. The second-order valence-corrected chi connectivity index (χ2v) is 9.31. The molecular formula is C21H24N4O2S2. The van der Waals surface area contributed by atoms with E-state index in [9.17, 15) is 4.79 Å². The summed E-state index contributed by atoms with van der Waals surface area (Å²) >= 11 is 2.89. The molecule has 1 atom stereocenters. The highest BCUT2D eigenvalue weighted by Gasteiger charge is 2.21. The molecule has 8 heteroatoms. The van der Waals surface area contributed by atoms with Crippen molar-refractivity contribution in [3.8, 4) is 0 Å². The Morgan fingerprint density at radius 3 is 2.90 bits per heavy atom. The van der Waals surface area contributed by atoms with Gasteiger partial charge in [0.25, 0.3) is 0 Å². The number of hydrogen-bond donors (Lipinski definition) is 1. The van der Waals surface area contributed by atoms with Crippen LogP contribution in [-0.2, 0) is 11.3 Å². The zero-order chi connectivity index (χ0) is 20.2. The number of para-hydroxylation sites is 1. The Balaban J connectivity index is 1.36. The van der Waals surface area contributed by atoms with E-state index in [1.807, 2.05) is 43.3 Å². The van der Waals surface area contributed by atoms with Crippen molar-refractivity contribution < 1.29 is 9.53 Å². The van der Waals surface area contributed by atoms with Crippen molar-refractivity contribution >= 4 is 39.7 Å². The van der Waals surface area contributed by atoms with Crippen LogP contribution >= 0.6 is 23.1 Å². The average Bonchev–Trinajstić information content (AvgIpc) is 3.45. The molecule has 0 saturated carbocycles. The number of Topliss-reactive ketones (excluding diaryl/α,β-unsaturated/α-hetero) is 1. The number of nitrogens with zero attached hydrogens (tertiary/aromatic N) is 3. The van der Waals surface area contributed by atoms with Crippen LogP contribution in [0.25, 0.3) is 0 Å². The molecule has 0 aliphatic carbocycles. The molecule has 29 heavy (non-hydrogen) atoms. The highest BCUT2D eigenvalue weighted by molar-refractivity contribution is 8.01. The Morgan fingerprint density at radius 2 is 2.14 bits per heavy atom. The summed E-state index contributed by atoms with van der Waals surface area (Å²) in [5, 5.41) is 12.3. The number of hydrogen-bond acceptors (Lipinski definition) is 7. The summed E-state index contributed by atoms with van der Waals surface area (Å²) in [5.41, 5.74) is 3.89. The van der Waals surface area contributed by atoms with Crippen LogP contribution in [0, 0.1) is 13.8 Å². The third-order valence-electron chi connectivity index (χ3n) is 5.04. The lowest BCUT2D eigenvalue weighted by atomic mass is 10.2. The van der Waals surface area contributed by atoms with Gasteiger partial charge in [-0.2, -0.15) is 0 Å². The second kappa shape index (κ2) is 9.11. The lowest BCUT2D eigenvalue weighted by Gasteiger charge is -2.14. The largest absolute Gasteiger partial charge is 0.376 e. The first-order chi connectivity index (χ1) is 14.1. The molecule has 1 aliphatic heterocycles. The van der Waals surface area contributed by atoms with E-state index < -0.39 is 0 Å². The van der Waals surface area contributed by atoms with E-state index in [-0.39, 0.29) is 11.9 Å². The van der Waals surface area contributed by atoms with Crippen molar-refractivity contribution in [2.75, 3.05) is 17.7 Å². The van der Waals surface area contributed by atoms with Crippen molar-refractivity contribution in [3.63, 3.8) is 0 Å². The number of aromatic nitrogens is 3. The van der Waals surface area contributed by atoms with Gasteiger partial charge in [0, 0.05) is 35.8 Å². The van der Waals surface area contributed by atoms with Crippen LogP contribution < -0.4 is 5.32 Å². The number of nitrogens with one attached hydrogen (secondary N) is 1. The number of anilines is 2. The first-order valence-corrected chi connectivity index (χ1v) is 11.5. The smallest absolute Gasteiger partial charge is 0.210 e. The molecule has 3 aromatic rings. The number of carbonyl (C=O) groups is 1. The van der Waals surface area contributed by atoms with E-state index in [1.54, 1.807) is 0 Å². The molecule has 1 fully saturated rings. The number of aryl methyl sites for hydroxylation is 1. The molecule has 1 aliphatic rings. The zero-order valence-corrected chi connectivity index (χ0v) is 18.2. The molecule has 0 amide bonds. The van der Waals surface area contributed by atoms with Gasteiger partial charge in [0.1, 0.15) is 0 Å². The second-order valence-electron chi connectivity index (χ2n) is 7.11. The van der Waals surface area contributed by atoms with Gasteiger partial charge in [0.2, 0.25) is 5.13 Å². The topological polar surface area (TPSA) is 69.0 Å². The maximum Gasteiger partial charge on any atom is 0.210 e. The number of carbonyl (C=O) groups excluding carboxylic acids is 1. The minimum Gasteiger partial charge on any atom is -0.376 e. The predicted octanol–water partition coefficient (Wildman–Crippen LogP) is 4.85. The lowest BCUT2D eigenvalue weighted by Crippen LogP contribution is -2.17. The number of ketones is 1. The van der Waals surface area contributed by atoms with E-state index in [0.717, 1.165) is 58.1 Å². The third kappa shape index (κ3) is 4.88. The molecule has 152 valence electrons. The van der Waals surface area contributed by atoms with Crippen LogP contribution in [-0.4, -0.2) is 39.0 Å². The number of benzene rings is 1. The molecule has 0 bridgehead atoms. The van der Waals surface area contributed by atoms with Gasteiger partial charge in [0.05, 0.1) is 11.9 Å². The Morgan fingerprint density at radius 1 is 1.31 bits per heavy atom. The van der Waals surface area contributed by atoms with E-state index in [1.165, 1.54) is 23.1 Å². The summed E-state index contributed by atoms with van der Waals surface area (Å²) in [4.78, 5) is 12.8. The molecule has 0 unspecified atom stereocenters. The van der Waals surface area contributed by atoms with Crippen LogP contribution in [0.3, 0.4) is 0 Å². The Kier molecular flexibility index (Phi) is 6.32. The first-order valence-electron chi connectivity index (χ1n) is 9.70. The van der Waals surface area contributed by atoms with Gasteiger partial charge in [0.15, 0.2) is 10.1 Å². The Hall–Kier alpha value is -2.16. The van der Waals surface area contributed by atoms with E-state index in [0.29, 0.717) is 5.75 Å². The summed E-state index contributed by atoms with van der Waals surface area (Å²) in [6, 6.07) is 11.8. The fourth-order valence-corrected chi connectivity index (χ4v) is 5.18. The van der Waals surface area contributed by atoms with Crippen LogP contribution in [0.2, 0.25) is 0 Å². The van der Waals surface area contributed by atoms with Crippen LogP contribution in [0.15, 0.2) is 40.7 Å². The van der Waals surface area contributed by atoms with Gasteiger partial charge in [-0.15, -0.1) is 10.2 Å². The van der Waals surface area contributed by atoms with Crippen LogP contribution in [0.4, 0.5) is 10.8 Å². The van der Waals surface area contributed by atoms with Crippen LogP contribution in [0.5, 0.6) is 0 Å². The van der Waals surface area contributed by atoms with Gasteiger partial charge < -0.3 is 14.6 Å². The van der Waals surface area contributed by atoms with Gasteiger partial charge in [-0.3, -0.25) is 4.79 Å². The van der Waals surface area contributed by atoms with E-state index in [2.05, 4.69) is 27.0 Å². The van der Waals surface area contributed by atoms with Gasteiger partial charge >= 0.3 is 0 Å². The maximum atomic E-state index is 12.8. The fraction of sp³-hybridized carbons (Fsp3) is 0.381. The summed E-state index contributed by atoms with van der Waals surface area (Å²) in [6.45, 7) is 5.74. The average molecular weight is 429 g/mol. The Bertz CT molecular complexity index is 978. The first kappa shape index (κ1) is 20.1. The minimum absolute atomic E-state index is 0.120. The van der Waals surface area contributed by atoms with Crippen LogP contribution in [0.1, 0.15) is 34.6 Å². The molecule has 6 nitrogen and oxygen atoms in total. The maximum absolute atomic E-state index is 12.8. The number of ether oxygens (including phenoxy) is 1. The molecule has 2 aromatic heterocycles. The van der Waals surface area contributed by atoms with Crippen molar-refractivity contribution in [1.82, 2.24) is 14.8 Å². The molecule has 0 spiro atoms. The lowest BCUT2D eigenvalue weighted by molar-refractivity contribution is 0.0957. The molecule has 1 saturated heterocycles. The molecule has 3 heterocycles. The summed E-state index contributed by atoms with van der Waals surface area (Å²) in [7, 11) is 0. The normalized spacial score (nSPS) is 16.3. The molecule has 1 aromatic carbocycles. The predicted molar refractivity (Wildman–Crippen MR) is 118 cm³/mol. The molecule has 1 N–H and O–H groups in total. The SMILES string of the molecule is Cc1cc(C(=O)CSc2nnc(Nc3ccccc3)s2)c(C)n1C[C@@H]1CCCO1. The molecule has 4 rings (SSSR count). The number of thioether (sulfide) groups is 1. The van der Waals surface area contributed by atoms with Crippen molar-refractivity contribution in [2.24, 2.45) is 0 Å². The minimum atomic E-state index is 0.120. The monoisotopic (exact) mass is 428 g/mol. The highest BCUT2D eigenvalue weighted by atomic mass is 32.2. The molecule has 0 radical (unpaired) electrons. The third-order valence-corrected chi connectivity index (χ3v) is 7.01. The highest BCUT2D eigenvalue weighted by Crippen LogP contribution is 2.29. The summed E-state index contributed by atoms with van der Waals surface area (Å²) < 4.78 is 8.75. The van der Waals surface area contributed by atoms with Gasteiger partial charge in [-0.25, -0.2) is 0 Å². The number of rotatable bonds is 8. The van der Waals surface area contributed by atoms with Crippen molar-refractivity contribution in [1.29, 1.82) is 0 Å². The Labute approximate surface area is 178 Å².